The maximum Gasteiger partial charge on any atom is 0.329 e. The van der Waals surface area contributed by atoms with Crippen LogP contribution in [0.1, 0.15) is 34.6 Å². The van der Waals surface area contributed by atoms with Crippen LogP contribution in [0.3, 0.4) is 0 Å². The van der Waals surface area contributed by atoms with Crippen molar-refractivity contribution in [3.63, 3.8) is 0 Å². The van der Waals surface area contributed by atoms with Gasteiger partial charge in [-0.05, 0) is 27.7 Å². The number of fused-ring (bicyclic) bond motifs is 3. The first-order valence-corrected chi connectivity index (χ1v) is 7.86. The number of aliphatic carboxylic acids is 1. The maximum atomic E-state index is 11.6. The molecule has 1 amide bonds. The molecule has 0 spiro atoms. The molecule has 0 unspecified atom stereocenters. The van der Waals surface area contributed by atoms with Gasteiger partial charge >= 0.3 is 5.97 Å². The predicted molar refractivity (Wildman–Crippen MR) is 77.8 cm³/mol. The van der Waals surface area contributed by atoms with Crippen molar-refractivity contribution in [2.75, 3.05) is 0 Å². The largest absolute Gasteiger partial charge is 0.480 e. The Bertz CT molecular complexity index is 548. The number of carbonyl (C=O) groups is 2. The van der Waals surface area contributed by atoms with Gasteiger partial charge in [-0.25, -0.2) is 4.79 Å². The fourth-order valence-electron chi connectivity index (χ4n) is 3.41. The standard InChI is InChI=1S/C15H23NO8/c1-6(17)16-7(12(18)19)8-9-10(22-14(2,3)21-9)11-13(20-8)24-15(4,5)23-11/h7-11,13H,1-5H3,(H,16,17)(H,18,19)/t7-,8+,9-,10-,11+,13+/m0/s1. The summed E-state index contributed by atoms with van der Waals surface area (Å²) in [6.07, 6.45) is -3.61. The molecule has 136 valence electrons. The van der Waals surface area contributed by atoms with Crippen molar-refractivity contribution in [2.45, 2.75) is 82.9 Å². The normalized spacial score (nSPS) is 40.5. The summed E-state index contributed by atoms with van der Waals surface area (Å²) < 4.78 is 29.2. The number of carboxylic acids is 1. The molecular weight excluding hydrogens is 322 g/mol. The minimum Gasteiger partial charge on any atom is -0.480 e. The van der Waals surface area contributed by atoms with Crippen molar-refractivity contribution in [2.24, 2.45) is 0 Å². The molecule has 3 rings (SSSR count). The summed E-state index contributed by atoms with van der Waals surface area (Å²) in [5.41, 5.74) is 0. The fourth-order valence-corrected chi connectivity index (χ4v) is 3.41. The van der Waals surface area contributed by atoms with Gasteiger partial charge in [-0.1, -0.05) is 0 Å². The molecule has 0 aromatic carbocycles. The van der Waals surface area contributed by atoms with Gasteiger partial charge in [-0.2, -0.15) is 0 Å². The fraction of sp³-hybridized carbons (Fsp3) is 0.867. The Labute approximate surface area is 139 Å². The van der Waals surface area contributed by atoms with Crippen LogP contribution in [0.15, 0.2) is 0 Å². The third-order valence-electron chi connectivity index (χ3n) is 4.14. The zero-order valence-electron chi connectivity index (χ0n) is 14.3. The molecule has 3 saturated heterocycles. The second-order valence-electron chi connectivity index (χ2n) is 7.15. The van der Waals surface area contributed by atoms with Gasteiger partial charge in [0.15, 0.2) is 23.9 Å². The van der Waals surface area contributed by atoms with Crippen molar-refractivity contribution < 1.29 is 38.4 Å². The van der Waals surface area contributed by atoms with Crippen LogP contribution in [-0.4, -0.2) is 65.3 Å². The molecule has 0 radical (unpaired) electrons. The van der Waals surface area contributed by atoms with E-state index in [1.807, 2.05) is 0 Å². The van der Waals surface area contributed by atoms with Gasteiger partial charge in [0.2, 0.25) is 5.91 Å². The van der Waals surface area contributed by atoms with Gasteiger partial charge in [0.1, 0.15) is 24.4 Å². The number of nitrogens with one attached hydrogen (secondary N) is 1. The molecule has 3 aliphatic heterocycles. The Morgan fingerprint density at radius 2 is 1.50 bits per heavy atom. The molecule has 0 aliphatic carbocycles. The Morgan fingerprint density at radius 3 is 2.08 bits per heavy atom. The van der Waals surface area contributed by atoms with Gasteiger partial charge in [0, 0.05) is 6.92 Å². The van der Waals surface area contributed by atoms with E-state index in [0.29, 0.717) is 0 Å². The van der Waals surface area contributed by atoms with Crippen LogP contribution < -0.4 is 5.32 Å². The lowest BCUT2D eigenvalue weighted by Crippen LogP contribution is -2.63. The summed E-state index contributed by atoms with van der Waals surface area (Å²) >= 11 is 0. The van der Waals surface area contributed by atoms with Crippen molar-refractivity contribution in [3.8, 4) is 0 Å². The highest BCUT2D eigenvalue weighted by atomic mass is 16.9. The Balaban J connectivity index is 1.92. The predicted octanol–water partition coefficient (Wildman–Crippen LogP) is -0.0278. The van der Waals surface area contributed by atoms with E-state index in [4.69, 9.17) is 23.7 Å². The van der Waals surface area contributed by atoms with E-state index in [2.05, 4.69) is 5.32 Å². The Hall–Kier alpha value is -1.26. The van der Waals surface area contributed by atoms with Gasteiger partial charge in [0.05, 0.1) is 0 Å². The van der Waals surface area contributed by atoms with E-state index in [9.17, 15) is 14.7 Å². The number of hydrogen-bond donors (Lipinski definition) is 2. The van der Waals surface area contributed by atoms with Crippen LogP contribution in [0.25, 0.3) is 0 Å². The van der Waals surface area contributed by atoms with Crippen molar-refractivity contribution in [3.05, 3.63) is 0 Å². The quantitative estimate of drug-likeness (QED) is 0.733. The SMILES string of the molecule is CC(=O)N[C@H](C(=O)O)[C@H]1O[C@@H]2OC(C)(C)O[C@@H]2[C@H]2OC(C)(C)O[C@H]21. The topological polar surface area (TPSA) is 113 Å². The van der Waals surface area contributed by atoms with Gasteiger partial charge in [-0.15, -0.1) is 0 Å². The molecular formula is C15H23NO8. The van der Waals surface area contributed by atoms with E-state index in [-0.39, 0.29) is 0 Å². The van der Waals surface area contributed by atoms with E-state index >= 15 is 0 Å². The molecule has 9 nitrogen and oxygen atoms in total. The summed E-state index contributed by atoms with van der Waals surface area (Å²) in [5.74, 6) is -3.52. The molecule has 0 saturated carbocycles. The number of amides is 1. The van der Waals surface area contributed by atoms with E-state index < -0.39 is 60.2 Å². The minimum absolute atomic E-state index is 0.480. The van der Waals surface area contributed by atoms with Gasteiger partial charge in [-0.3, -0.25) is 4.79 Å². The highest BCUT2D eigenvalue weighted by Crippen LogP contribution is 2.44. The molecule has 6 atom stereocenters. The second-order valence-corrected chi connectivity index (χ2v) is 7.15. The van der Waals surface area contributed by atoms with Crippen LogP contribution in [-0.2, 0) is 33.3 Å². The molecule has 2 N–H and O–H groups in total. The molecule has 24 heavy (non-hydrogen) atoms. The Morgan fingerprint density at radius 1 is 0.958 bits per heavy atom. The van der Waals surface area contributed by atoms with E-state index in [1.54, 1.807) is 27.7 Å². The number of ether oxygens (including phenoxy) is 5. The van der Waals surface area contributed by atoms with Gasteiger partial charge < -0.3 is 34.1 Å². The third kappa shape index (κ3) is 3.14. The number of hydrogen-bond acceptors (Lipinski definition) is 7. The van der Waals surface area contributed by atoms with Crippen molar-refractivity contribution in [1.29, 1.82) is 0 Å². The molecule has 0 aromatic rings. The molecule has 3 fully saturated rings. The summed E-state index contributed by atoms with van der Waals surface area (Å²) in [7, 11) is 0. The smallest absolute Gasteiger partial charge is 0.329 e. The van der Waals surface area contributed by atoms with Crippen molar-refractivity contribution in [1.82, 2.24) is 5.32 Å². The summed E-state index contributed by atoms with van der Waals surface area (Å²) in [4.78, 5) is 23.0. The summed E-state index contributed by atoms with van der Waals surface area (Å²) in [6.45, 7) is 8.18. The van der Waals surface area contributed by atoms with Crippen molar-refractivity contribution >= 4 is 11.9 Å². The Kier molecular flexibility index (Phi) is 4.12. The average molecular weight is 345 g/mol. The lowest BCUT2D eigenvalue weighted by atomic mass is 9.94. The number of carboxylic acid groups (broad SMARTS) is 1. The minimum atomic E-state index is -1.29. The lowest BCUT2D eigenvalue weighted by molar-refractivity contribution is -0.240. The first kappa shape index (κ1) is 17.6. The molecule has 9 heteroatoms. The highest BCUT2D eigenvalue weighted by molar-refractivity contribution is 5.82. The van der Waals surface area contributed by atoms with Crippen LogP contribution in [0.5, 0.6) is 0 Å². The van der Waals surface area contributed by atoms with E-state index in [0.717, 1.165) is 0 Å². The lowest BCUT2D eigenvalue weighted by Gasteiger charge is -2.39. The molecule has 0 bridgehead atoms. The number of rotatable bonds is 3. The van der Waals surface area contributed by atoms with Crippen LogP contribution in [0.2, 0.25) is 0 Å². The molecule has 3 aliphatic rings. The first-order chi connectivity index (χ1) is 11.0. The zero-order valence-corrected chi connectivity index (χ0v) is 14.3. The molecule has 0 aromatic heterocycles. The maximum absolute atomic E-state index is 11.6. The van der Waals surface area contributed by atoms with Gasteiger partial charge in [0.25, 0.3) is 0 Å². The monoisotopic (exact) mass is 345 g/mol. The highest BCUT2D eigenvalue weighted by Gasteiger charge is 2.62. The second kappa shape index (κ2) is 5.63. The van der Waals surface area contributed by atoms with Crippen LogP contribution in [0.4, 0.5) is 0 Å². The number of carbonyl (C=O) groups excluding carboxylic acids is 1. The van der Waals surface area contributed by atoms with Crippen LogP contribution >= 0.6 is 0 Å². The first-order valence-electron chi connectivity index (χ1n) is 7.86. The third-order valence-corrected chi connectivity index (χ3v) is 4.14. The average Bonchev–Trinajstić information content (AvgIpc) is 2.89. The zero-order chi connectivity index (χ0) is 17.9. The summed E-state index contributed by atoms with van der Waals surface area (Å²) in [5, 5.41) is 11.9. The molecule has 3 heterocycles. The van der Waals surface area contributed by atoms with E-state index in [1.165, 1.54) is 6.92 Å². The van der Waals surface area contributed by atoms with Crippen LogP contribution in [0, 0.1) is 0 Å². The summed E-state index contributed by atoms with van der Waals surface area (Å²) in [6, 6.07) is -1.29.